The number of benzene rings is 2. The molecule has 0 bridgehead atoms. The quantitative estimate of drug-likeness (QED) is 0.271. The van der Waals surface area contributed by atoms with Gasteiger partial charge in [-0.25, -0.2) is 26.0 Å². The first-order chi connectivity index (χ1) is 19.1. The van der Waals surface area contributed by atoms with Gasteiger partial charge < -0.3 is 14.3 Å². The molecule has 1 N–H and O–H groups in total. The Morgan fingerprint density at radius 2 is 1.68 bits per heavy atom. The van der Waals surface area contributed by atoms with E-state index in [1.165, 1.54) is 37.3 Å². The van der Waals surface area contributed by atoms with Crippen LogP contribution in [-0.4, -0.2) is 33.9 Å². The largest absolute Gasteiger partial charge is 0.421 e. The van der Waals surface area contributed by atoms with E-state index in [1.807, 2.05) is 22.6 Å². The molecule has 2 aromatic carbocycles. The van der Waals surface area contributed by atoms with E-state index in [1.54, 1.807) is 23.6 Å². The SMILES string of the molecule is Cc1c(Nc2ccc(I)cc2F)c2c(=O)n(C3CC3)c(C)c(-c3cccc(N(S(C)(=O)=O)S(C)(=O)=O)c3)c2oc1=O. The van der Waals surface area contributed by atoms with Crippen LogP contribution in [0.2, 0.25) is 0 Å². The predicted octanol–water partition coefficient (Wildman–Crippen LogP) is 4.79. The fraction of sp³-hybridized carbons (Fsp3) is 0.259. The average Bonchev–Trinajstić information content (AvgIpc) is 3.67. The molecule has 0 unspecified atom stereocenters. The van der Waals surface area contributed by atoms with Gasteiger partial charge in [-0.1, -0.05) is 12.1 Å². The molecule has 1 aliphatic carbocycles. The molecule has 5 rings (SSSR count). The molecule has 0 aliphatic heterocycles. The molecule has 0 amide bonds. The molecule has 41 heavy (non-hydrogen) atoms. The molecular weight excluding hydrogens is 688 g/mol. The second-order valence-corrected chi connectivity index (χ2v) is 15.1. The number of halogens is 2. The van der Waals surface area contributed by atoms with Gasteiger partial charge in [0.1, 0.15) is 11.2 Å². The van der Waals surface area contributed by atoms with Crippen LogP contribution in [0.5, 0.6) is 0 Å². The predicted molar refractivity (Wildman–Crippen MR) is 164 cm³/mol. The number of anilines is 3. The van der Waals surface area contributed by atoms with Crippen LogP contribution in [-0.2, 0) is 20.0 Å². The number of rotatable bonds is 7. The fourth-order valence-electron chi connectivity index (χ4n) is 4.96. The van der Waals surface area contributed by atoms with Gasteiger partial charge in [0, 0.05) is 20.9 Å². The standard InChI is InChI=1S/C27H25FIN3O7S2/c1-14-24(30-21-11-8-17(29)13-20(21)28)23-25(39-27(14)34)22(15(2)31(26(23)33)18-9-10-18)16-6-5-7-19(12-16)32(40(3,35)36)41(4,37)38/h5-8,11-13,18,30H,9-10H2,1-4H3. The lowest BCUT2D eigenvalue weighted by Gasteiger charge is -2.22. The highest BCUT2D eigenvalue weighted by atomic mass is 127. The molecule has 0 atom stereocenters. The van der Waals surface area contributed by atoms with Crippen molar-refractivity contribution in [2.45, 2.75) is 32.7 Å². The number of sulfonamides is 2. The molecule has 0 spiro atoms. The van der Waals surface area contributed by atoms with Crippen molar-refractivity contribution in [1.82, 2.24) is 4.57 Å². The average molecular weight is 714 g/mol. The summed E-state index contributed by atoms with van der Waals surface area (Å²) in [6, 6.07) is 10.1. The number of hydrogen-bond acceptors (Lipinski definition) is 8. The molecular formula is C27H25FIN3O7S2. The van der Waals surface area contributed by atoms with E-state index >= 15 is 0 Å². The van der Waals surface area contributed by atoms with E-state index in [0.717, 1.165) is 25.4 Å². The third-order valence-electron chi connectivity index (χ3n) is 6.79. The van der Waals surface area contributed by atoms with Gasteiger partial charge in [0.2, 0.25) is 20.0 Å². The van der Waals surface area contributed by atoms with Crippen LogP contribution >= 0.6 is 22.6 Å². The Balaban J connectivity index is 1.87. The number of fused-ring (bicyclic) bond motifs is 1. The molecule has 2 heterocycles. The normalized spacial score (nSPS) is 13.9. The Morgan fingerprint density at radius 3 is 2.27 bits per heavy atom. The van der Waals surface area contributed by atoms with Crippen LogP contribution in [0.25, 0.3) is 22.1 Å². The smallest absolute Gasteiger partial charge is 0.341 e. The second-order valence-electron chi connectivity index (χ2n) is 9.98. The summed E-state index contributed by atoms with van der Waals surface area (Å²) < 4.78 is 72.9. The topological polar surface area (TPSA) is 136 Å². The molecule has 4 aromatic rings. The van der Waals surface area contributed by atoms with Gasteiger partial charge in [0.05, 0.1) is 35.1 Å². The van der Waals surface area contributed by atoms with Crippen molar-refractivity contribution in [2.24, 2.45) is 0 Å². The lowest BCUT2D eigenvalue weighted by atomic mass is 9.99. The summed E-state index contributed by atoms with van der Waals surface area (Å²) >= 11 is 1.97. The summed E-state index contributed by atoms with van der Waals surface area (Å²) in [5, 5.41) is 2.94. The molecule has 2 aromatic heterocycles. The maximum absolute atomic E-state index is 14.9. The van der Waals surface area contributed by atoms with Crippen LogP contribution in [0, 0.1) is 23.2 Å². The van der Waals surface area contributed by atoms with Crippen molar-refractivity contribution in [2.75, 3.05) is 21.5 Å². The Labute approximate surface area is 249 Å². The van der Waals surface area contributed by atoms with Gasteiger partial charge in [0.25, 0.3) is 5.56 Å². The van der Waals surface area contributed by atoms with Gasteiger partial charge in [-0.15, -0.1) is 0 Å². The zero-order valence-corrected chi connectivity index (χ0v) is 26.1. The molecule has 0 radical (unpaired) electrons. The first-order valence-corrected chi connectivity index (χ1v) is 17.1. The maximum Gasteiger partial charge on any atom is 0.341 e. The fourth-order valence-corrected chi connectivity index (χ4v) is 8.37. The zero-order chi connectivity index (χ0) is 30.0. The number of nitrogens with zero attached hydrogens (tertiary/aromatic N) is 2. The minimum atomic E-state index is -4.24. The third kappa shape index (κ3) is 5.39. The van der Waals surface area contributed by atoms with Crippen molar-refractivity contribution in [1.29, 1.82) is 0 Å². The lowest BCUT2D eigenvalue weighted by Crippen LogP contribution is -2.35. The van der Waals surface area contributed by atoms with Gasteiger partial charge >= 0.3 is 5.63 Å². The highest BCUT2D eigenvalue weighted by molar-refractivity contribution is 14.1. The molecule has 1 saturated carbocycles. The first kappa shape index (κ1) is 29.3. The number of hydrogen-bond donors (Lipinski definition) is 1. The zero-order valence-electron chi connectivity index (χ0n) is 22.4. The van der Waals surface area contributed by atoms with Gasteiger partial charge in [-0.2, -0.15) is 3.71 Å². The van der Waals surface area contributed by atoms with Crippen molar-refractivity contribution >= 4 is 70.7 Å². The first-order valence-electron chi connectivity index (χ1n) is 12.3. The van der Waals surface area contributed by atoms with E-state index in [9.17, 15) is 30.8 Å². The Bertz CT molecular complexity index is 2050. The lowest BCUT2D eigenvalue weighted by molar-refractivity contribution is 0.553. The van der Waals surface area contributed by atoms with Crippen LogP contribution in [0.4, 0.5) is 21.5 Å². The van der Waals surface area contributed by atoms with E-state index < -0.39 is 37.0 Å². The van der Waals surface area contributed by atoms with Gasteiger partial charge in [-0.3, -0.25) is 4.79 Å². The van der Waals surface area contributed by atoms with Crippen molar-refractivity contribution in [3.05, 3.63) is 83.9 Å². The van der Waals surface area contributed by atoms with Crippen molar-refractivity contribution < 1.29 is 25.6 Å². The Kier molecular flexibility index (Phi) is 7.31. The summed E-state index contributed by atoms with van der Waals surface area (Å²) in [5.74, 6) is -0.582. The van der Waals surface area contributed by atoms with Crippen LogP contribution in [0.15, 0.2) is 56.5 Å². The van der Waals surface area contributed by atoms with Crippen LogP contribution in [0.1, 0.15) is 30.1 Å². The van der Waals surface area contributed by atoms with Crippen LogP contribution < -0.4 is 20.2 Å². The highest BCUT2D eigenvalue weighted by Crippen LogP contribution is 2.41. The van der Waals surface area contributed by atoms with Crippen molar-refractivity contribution in [3.8, 4) is 11.1 Å². The molecule has 14 heteroatoms. The maximum atomic E-state index is 14.9. The van der Waals surface area contributed by atoms with E-state index in [2.05, 4.69) is 5.32 Å². The summed E-state index contributed by atoms with van der Waals surface area (Å²) in [4.78, 5) is 27.0. The van der Waals surface area contributed by atoms with E-state index in [0.29, 0.717) is 24.1 Å². The molecule has 216 valence electrons. The molecule has 0 saturated heterocycles. The van der Waals surface area contributed by atoms with E-state index in [-0.39, 0.29) is 39.6 Å². The number of pyridine rings is 1. The Morgan fingerprint density at radius 1 is 1.02 bits per heavy atom. The summed E-state index contributed by atoms with van der Waals surface area (Å²) in [5.41, 5.74) is -0.165. The summed E-state index contributed by atoms with van der Waals surface area (Å²) in [7, 11) is -8.47. The van der Waals surface area contributed by atoms with Crippen LogP contribution in [0.3, 0.4) is 0 Å². The monoisotopic (exact) mass is 713 g/mol. The second kappa shape index (κ2) is 10.2. The van der Waals surface area contributed by atoms with Gasteiger partial charge in [0.15, 0.2) is 5.58 Å². The Hall–Kier alpha value is -3.24. The van der Waals surface area contributed by atoms with Gasteiger partial charge in [-0.05, 0) is 85.2 Å². The molecule has 1 fully saturated rings. The number of aromatic nitrogens is 1. The molecule has 1 aliphatic rings. The third-order valence-corrected chi connectivity index (χ3v) is 10.7. The highest BCUT2D eigenvalue weighted by Gasteiger charge is 2.32. The van der Waals surface area contributed by atoms with E-state index in [4.69, 9.17) is 4.42 Å². The summed E-state index contributed by atoms with van der Waals surface area (Å²) in [6.45, 7) is 3.15. The van der Waals surface area contributed by atoms with Crippen molar-refractivity contribution in [3.63, 3.8) is 0 Å². The molecule has 10 nitrogen and oxygen atoms in total. The number of nitrogens with one attached hydrogen (secondary N) is 1. The summed E-state index contributed by atoms with van der Waals surface area (Å²) in [6.07, 6.45) is 3.04. The minimum absolute atomic E-state index is 0.0148. The minimum Gasteiger partial charge on any atom is -0.421 e.